The topological polar surface area (TPSA) is 89.3 Å². The molecule has 0 spiro atoms. The number of ether oxygens (including phenoxy) is 1. The zero-order valence-corrected chi connectivity index (χ0v) is 15.7. The number of nitrogens with one attached hydrogen (secondary N) is 1. The fourth-order valence-corrected chi connectivity index (χ4v) is 2.96. The van der Waals surface area contributed by atoms with Gasteiger partial charge in [0.1, 0.15) is 22.5 Å². The third kappa shape index (κ3) is 4.41. The van der Waals surface area contributed by atoms with E-state index in [-0.39, 0.29) is 19.1 Å². The molecule has 1 heterocycles. The van der Waals surface area contributed by atoms with Gasteiger partial charge < -0.3 is 15.2 Å². The molecule has 3 aromatic carbocycles. The predicted molar refractivity (Wildman–Crippen MR) is 110 cm³/mol. The Morgan fingerprint density at radius 1 is 0.966 bits per heavy atom. The Morgan fingerprint density at radius 3 is 2.34 bits per heavy atom. The molecule has 29 heavy (non-hydrogen) atoms. The zero-order chi connectivity index (χ0) is 20.1. The number of amides is 1. The normalized spacial score (nSPS) is 10.8. The van der Waals surface area contributed by atoms with E-state index in [9.17, 15) is 9.90 Å². The minimum Gasteiger partial charge on any atom is -0.481 e. The fraction of sp³-hybridized carbons (Fsp3) is 0.136. The van der Waals surface area contributed by atoms with Gasteiger partial charge in [-0.1, -0.05) is 36.4 Å². The first-order valence-electron chi connectivity index (χ1n) is 9.27. The van der Waals surface area contributed by atoms with E-state index in [0.717, 1.165) is 16.6 Å². The number of para-hydroxylation sites is 1. The summed E-state index contributed by atoms with van der Waals surface area (Å²) in [6.07, 6.45) is 0.503. The molecule has 0 saturated carbocycles. The number of carbonyl (C=O) groups is 1. The number of aromatic nitrogens is 3. The second-order valence-electron chi connectivity index (χ2n) is 6.46. The highest BCUT2D eigenvalue weighted by Crippen LogP contribution is 2.25. The molecule has 0 aliphatic heterocycles. The Hall–Kier alpha value is -3.71. The summed E-state index contributed by atoms with van der Waals surface area (Å²) in [7, 11) is 0. The number of nitrogens with zero attached hydrogens (tertiary/aromatic N) is 3. The highest BCUT2D eigenvalue weighted by atomic mass is 16.5. The first kappa shape index (κ1) is 18.6. The minimum absolute atomic E-state index is 0.0354. The molecule has 4 rings (SSSR count). The number of carbonyl (C=O) groups excluding carboxylic acids is 1. The molecule has 0 atom stereocenters. The van der Waals surface area contributed by atoms with Gasteiger partial charge in [0.15, 0.2) is 6.61 Å². The molecule has 0 fully saturated rings. The minimum atomic E-state index is -0.264. The Bertz CT molecular complexity index is 1090. The van der Waals surface area contributed by atoms with Gasteiger partial charge in [0.2, 0.25) is 0 Å². The number of hydrogen-bond donors (Lipinski definition) is 2. The van der Waals surface area contributed by atoms with Crippen molar-refractivity contribution in [3.8, 4) is 11.4 Å². The molecule has 0 aliphatic carbocycles. The summed E-state index contributed by atoms with van der Waals surface area (Å²) < 4.78 is 5.78. The van der Waals surface area contributed by atoms with Crippen LogP contribution >= 0.6 is 0 Å². The van der Waals surface area contributed by atoms with E-state index in [1.807, 2.05) is 66.7 Å². The van der Waals surface area contributed by atoms with Gasteiger partial charge in [-0.2, -0.15) is 0 Å². The molecule has 0 bridgehead atoms. The molecule has 0 unspecified atom stereocenters. The smallest absolute Gasteiger partial charge is 0.262 e. The Labute approximate surface area is 167 Å². The van der Waals surface area contributed by atoms with E-state index >= 15 is 0 Å². The lowest BCUT2D eigenvalue weighted by Gasteiger charge is -2.12. The molecular weight excluding hydrogens is 368 g/mol. The van der Waals surface area contributed by atoms with Crippen LogP contribution in [-0.4, -0.2) is 39.2 Å². The van der Waals surface area contributed by atoms with Crippen LogP contribution in [0.2, 0.25) is 0 Å². The van der Waals surface area contributed by atoms with Crippen molar-refractivity contribution in [2.75, 3.05) is 18.5 Å². The van der Waals surface area contributed by atoms with E-state index in [1.165, 1.54) is 4.80 Å². The molecule has 146 valence electrons. The SMILES string of the molecule is O=C(COc1ccc(CCO)cc1-n1nc2ccccc2n1)Nc1ccccc1. The molecule has 7 heteroatoms. The van der Waals surface area contributed by atoms with Crippen LogP contribution in [0.15, 0.2) is 72.8 Å². The molecule has 0 saturated heterocycles. The summed E-state index contributed by atoms with van der Waals surface area (Å²) in [5.41, 5.74) is 3.75. The van der Waals surface area contributed by atoms with Crippen molar-refractivity contribution < 1.29 is 14.6 Å². The van der Waals surface area contributed by atoms with E-state index in [4.69, 9.17) is 4.74 Å². The summed E-state index contributed by atoms with van der Waals surface area (Å²) in [4.78, 5) is 13.7. The third-order valence-electron chi connectivity index (χ3n) is 4.34. The molecule has 2 N–H and O–H groups in total. The largest absolute Gasteiger partial charge is 0.481 e. The number of fused-ring (bicyclic) bond motifs is 1. The predicted octanol–water partition coefficient (Wildman–Crippen LogP) is 2.97. The van der Waals surface area contributed by atoms with E-state index in [1.54, 1.807) is 6.07 Å². The van der Waals surface area contributed by atoms with Gasteiger partial charge in [-0.25, -0.2) is 0 Å². The standard InChI is InChI=1S/C22H20N4O3/c27-13-12-16-10-11-21(29-15-22(28)23-17-6-2-1-3-7-17)20(14-16)26-24-18-8-4-5-9-19(18)25-26/h1-11,14,27H,12-13,15H2,(H,23,28). The van der Waals surface area contributed by atoms with Crippen molar-refractivity contribution in [1.29, 1.82) is 0 Å². The number of rotatable bonds is 7. The fourth-order valence-electron chi connectivity index (χ4n) is 2.96. The van der Waals surface area contributed by atoms with Gasteiger partial charge in [-0.15, -0.1) is 15.0 Å². The van der Waals surface area contributed by atoms with Crippen LogP contribution in [0.5, 0.6) is 5.75 Å². The van der Waals surface area contributed by atoms with Gasteiger partial charge in [0, 0.05) is 12.3 Å². The van der Waals surface area contributed by atoms with Gasteiger partial charge in [-0.05, 0) is 48.4 Å². The Balaban J connectivity index is 1.58. The van der Waals surface area contributed by atoms with Crippen molar-refractivity contribution in [3.05, 3.63) is 78.4 Å². The molecule has 1 amide bonds. The number of aliphatic hydroxyl groups excluding tert-OH is 1. The summed E-state index contributed by atoms with van der Waals surface area (Å²) in [6, 6.07) is 22.2. The lowest BCUT2D eigenvalue weighted by Crippen LogP contribution is -2.20. The van der Waals surface area contributed by atoms with Crippen molar-refractivity contribution in [3.63, 3.8) is 0 Å². The second kappa shape index (κ2) is 8.53. The first-order chi connectivity index (χ1) is 14.2. The van der Waals surface area contributed by atoms with Crippen LogP contribution < -0.4 is 10.1 Å². The summed E-state index contributed by atoms with van der Waals surface area (Å²) in [5, 5.41) is 21.1. The molecule has 4 aromatic rings. The van der Waals surface area contributed by atoms with E-state index in [0.29, 0.717) is 23.5 Å². The number of hydrogen-bond acceptors (Lipinski definition) is 5. The Morgan fingerprint density at radius 2 is 1.66 bits per heavy atom. The first-order valence-corrected chi connectivity index (χ1v) is 9.27. The van der Waals surface area contributed by atoms with Crippen molar-refractivity contribution >= 4 is 22.6 Å². The number of aliphatic hydroxyl groups is 1. The van der Waals surface area contributed by atoms with Gasteiger partial charge in [0.05, 0.1) is 0 Å². The third-order valence-corrected chi connectivity index (χ3v) is 4.34. The van der Waals surface area contributed by atoms with Crippen LogP contribution in [0.1, 0.15) is 5.56 Å². The molecule has 0 aliphatic rings. The maximum absolute atomic E-state index is 12.2. The lowest BCUT2D eigenvalue weighted by atomic mass is 10.1. The summed E-state index contributed by atoms with van der Waals surface area (Å²) in [5.74, 6) is 0.218. The van der Waals surface area contributed by atoms with Crippen LogP contribution in [0.3, 0.4) is 0 Å². The highest BCUT2D eigenvalue weighted by Gasteiger charge is 2.13. The van der Waals surface area contributed by atoms with Crippen molar-refractivity contribution in [2.45, 2.75) is 6.42 Å². The monoisotopic (exact) mass is 388 g/mol. The van der Waals surface area contributed by atoms with Gasteiger partial charge >= 0.3 is 0 Å². The van der Waals surface area contributed by atoms with E-state index < -0.39 is 0 Å². The second-order valence-corrected chi connectivity index (χ2v) is 6.46. The quantitative estimate of drug-likeness (QED) is 0.508. The van der Waals surface area contributed by atoms with Crippen molar-refractivity contribution in [2.24, 2.45) is 0 Å². The van der Waals surface area contributed by atoms with E-state index in [2.05, 4.69) is 15.5 Å². The van der Waals surface area contributed by atoms with Crippen LogP contribution in [0.4, 0.5) is 5.69 Å². The van der Waals surface area contributed by atoms with Crippen LogP contribution in [0.25, 0.3) is 16.7 Å². The summed E-state index contributed by atoms with van der Waals surface area (Å²) >= 11 is 0. The highest BCUT2D eigenvalue weighted by molar-refractivity contribution is 5.91. The molecule has 0 radical (unpaired) electrons. The van der Waals surface area contributed by atoms with Gasteiger partial charge in [-0.3, -0.25) is 4.79 Å². The maximum atomic E-state index is 12.2. The number of anilines is 1. The lowest BCUT2D eigenvalue weighted by molar-refractivity contribution is -0.118. The summed E-state index contributed by atoms with van der Waals surface area (Å²) in [6.45, 7) is -0.115. The average Bonchev–Trinajstić information content (AvgIpc) is 3.18. The maximum Gasteiger partial charge on any atom is 0.262 e. The molecular formula is C22H20N4O3. The molecule has 1 aromatic heterocycles. The zero-order valence-electron chi connectivity index (χ0n) is 15.7. The van der Waals surface area contributed by atoms with Gasteiger partial charge in [0.25, 0.3) is 5.91 Å². The van der Waals surface area contributed by atoms with Crippen LogP contribution in [-0.2, 0) is 11.2 Å². The average molecular weight is 388 g/mol. The Kier molecular flexibility index (Phi) is 5.49. The number of benzene rings is 3. The van der Waals surface area contributed by atoms with Crippen LogP contribution in [0, 0.1) is 0 Å². The van der Waals surface area contributed by atoms with Crippen molar-refractivity contribution in [1.82, 2.24) is 15.0 Å². The molecule has 7 nitrogen and oxygen atoms in total.